The molecule has 0 spiro atoms. The molecule has 7 heteroatoms. The number of hydrogen-bond acceptors (Lipinski definition) is 6. The topological polar surface area (TPSA) is 86.5 Å². The van der Waals surface area contributed by atoms with Gasteiger partial charge in [-0.05, 0) is 54.6 Å². The van der Waals surface area contributed by atoms with E-state index in [4.69, 9.17) is 13.9 Å². The van der Waals surface area contributed by atoms with E-state index < -0.39 is 0 Å². The number of carbonyl (C=O) groups excluding carboxylic acids is 1. The summed E-state index contributed by atoms with van der Waals surface area (Å²) in [5, 5.41) is 2.85. The lowest BCUT2D eigenvalue weighted by atomic mass is 10.1. The van der Waals surface area contributed by atoms with Crippen LogP contribution in [0.15, 0.2) is 65.2 Å². The number of aromatic nitrogens is 2. The highest BCUT2D eigenvalue weighted by Crippen LogP contribution is 2.28. The van der Waals surface area contributed by atoms with Crippen molar-refractivity contribution in [1.82, 2.24) is 9.97 Å². The molecule has 0 saturated heterocycles. The standard InChI is InChI=1S/C21H17N3O4.C2H6/c1-26-16-10-7-14(12-18(16)27-2)20(25)23-15-8-5-13(6-9-15)21-24-19-17(28-21)4-3-11-22-19;1-2/h3-12H,1-2H3,(H,23,25);1-2H3. The van der Waals surface area contributed by atoms with Crippen molar-refractivity contribution in [3.8, 4) is 23.0 Å². The second-order valence-electron chi connectivity index (χ2n) is 5.95. The molecule has 0 fully saturated rings. The normalized spacial score (nSPS) is 10.1. The summed E-state index contributed by atoms with van der Waals surface area (Å²) in [6, 6.07) is 15.8. The summed E-state index contributed by atoms with van der Waals surface area (Å²) in [5.41, 5.74) is 3.10. The van der Waals surface area contributed by atoms with Crippen molar-refractivity contribution >= 4 is 22.8 Å². The average molecular weight is 405 g/mol. The lowest BCUT2D eigenvalue weighted by molar-refractivity contribution is 0.102. The number of oxazole rings is 1. The summed E-state index contributed by atoms with van der Waals surface area (Å²) in [6.07, 6.45) is 1.67. The van der Waals surface area contributed by atoms with Crippen molar-refractivity contribution in [2.24, 2.45) is 0 Å². The fourth-order valence-corrected chi connectivity index (χ4v) is 2.77. The van der Waals surface area contributed by atoms with Crippen LogP contribution in [0.3, 0.4) is 0 Å². The van der Waals surface area contributed by atoms with E-state index in [9.17, 15) is 4.79 Å². The van der Waals surface area contributed by atoms with E-state index in [1.807, 2.05) is 32.0 Å². The Morgan fingerprint density at radius 3 is 2.37 bits per heavy atom. The van der Waals surface area contributed by atoms with Crippen LogP contribution in [0.5, 0.6) is 11.5 Å². The van der Waals surface area contributed by atoms with Gasteiger partial charge >= 0.3 is 0 Å². The zero-order valence-corrected chi connectivity index (χ0v) is 17.3. The Balaban J connectivity index is 0.00000124. The molecular formula is C23H23N3O4. The number of nitrogens with one attached hydrogen (secondary N) is 1. The third kappa shape index (κ3) is 4.41. The highest BCUT2D eigenvalue weighted by Gasteiger charge is 2.12. The SMILES string of the molecule is CC.COc1ccc(C(=O)Nc2ccc(-c3nc4ncccc4o3)cc2)cc1OC. The van der Waals surface area contributed by atoms with Crippen LogP contribution in [0, 0.1) is 0 Å². The van der Waals surface area contributed by atoms with E-state index in [2.05, 4.69) is 15.3 Å². The van der Waals surface area contributed by atoms with Gasteiger partial charge in [0.05, 0.1) is 14.2 Å². The van der Waals surface area contributed by atoms with Gasteiger partial charge in [0.15, 0.2) is 22.7 Å². The third-order valence-corrected chi connectivity index (χ3v) is 4.20. The molecule has 0 radical (unpaired) electrons. The average Bonchev–Trinajstić information content (AvgIpc) is 3.24. The predicted octanol–water partition coefficient (Wildman–Crippen LogP) is 5.19. The summed E-state index contributed by atoms with van der Waals surface area (Å²) in [5.74, 6) is 1.29. The molecule has 7 nitrogen and oxygen atoms in total. The minimum absolute atomic E-state index is 0.250. The smallest absolute Gasteiger partial charge is 0.255 e. The first-order valence-corrected chi connectivity index (χ1v) is 9.53. The van der Waals surface area contributed by atoms with Crippen LogP contribution in [0.4, 0.5) is 5.69 Å². The second-order valence-corrected chi connectivity index (χ2v) is 5.95. The van der Waals surface area contributed by atoms with Crippen LogP contribution >= 0.6 is 0 Å². The molecule has 0 aliphatic heterocycles. The first kappa shape index (κ1) is 20.9. The first-order chi connectivity index (χ1) is 14.7. The molecule has 0 unspecified atom stereocenters. The molecule has 0 aliphatic carbocycles. The van der Waals surface area contributed by atoms with Crippen molar-refractivity contribution in [1.29, 1.82) is 0 Å². The van der Waals surface area contributed by atoms with Gasteiger partial charge in [0.25, 0.3) is 5.91 Å². The number of pyridine rings is 1. The molecule has 4 aromatic rings. The Bertz CT molecular complexity index is 1100. The summed E-state index contributed by atoms with van der Waals surface area (Å²) < 4.78 is 16.1. The fraction of sp³-hybridized carbons (Fsp3) is 0.174. The molecule has 1 N–H and O–H groups in total. The van der Waals surface area contributed by atoms with Crippen molar-refractivity contribution in [2.45, 2.75) is 13.8 Å². The van der Waals surface area contributed by atoms with Gasteiger partial charge in [0, 0.05) is 23.0 Å². The van der Waals surface area contributed by atoms with Gasteiger partial charge in [-0.25, -0.2) is 4.98 Å². The van der Waals surface area contributed by atoms with Gasteiger partial charge < -0.3 is 19.2 Å². The molecule has 0 atom stereocenters. The summed E-state index contributed by atoms with van der Waals surface area (Å²) in [4.78, 5) is 21.0. The molecule has 0 saturated carbocycles. The monoisotopic (exact) mass is 405 g/mol. The first-order valence-electron chi connectivity index (χ1n) is 9.53. The number of rotatable bonds is 5. The minimum atomic E-state index is -0.250. The van der Waals surface area contributed by atoms with Crippen LogP contribution in [0.25, 0.3) is 22.7 Å². The fourth-order valence-electron chi connectivity index (χ4n) is 2.77. The number of fused-ring (bicyclic) bond motifs is 1. The lowest BCUT2D eigenvalue weighted by Gasteiger charge is -2.10. The molecule has 0 aliphatic rings. The Morgan fingerprint density at radius 2 is 1.70 bits per heavy atom. The Labute approximate surface area is 174 Å². The summed E-state index contributed by atoms with van der Waals surface area (Å²) >= 11 is 0. The highest BCUT2D eigenvalue weighted by atomic mass is 16.5. The van der Waals surface area contributed by atoms with Gasteiger partial charge in [-0.1, -0.05) is 13.8 Å². The Kier molecular flexibility index (Phi) is 6.64. The van der Waals surface area contributed by atoms with E-state index in [0.717, 1.165) is 5.56 Å². The number of anilines is 1. The molecular weight excluding hydrogens is 382 g/mol. The van der Waals surface area contributed by atoms with Gasteiger partial charge in [0.2, 0.25) is 5.89 Å². The van der Waals surface area contributed by atoms with Gasteiger partial charge in [0.1, 0.15) is 0 Å². The predicted molar refractivity (Wildman–Crippen MR) is 116 cm³/mol. The van der Waals surface area contributed by atoms with E-state index in [1.165, 1.54) is 7.11 Å². The largest absolute Gasteiger partial charge is 0.493 e. The number of benzene rings is 2. The number of nitrogens with zero attached hydrogens (tertiary/aromatic N) is 2. The lowest BCUT2D eigenvalue weighted by Crippen LogP contribution is -2.12. The number of ether oxygens (including phenoxy) is 2. The van der Waals surface area contributed by atoms with E-state index in [1.54, 1.807) is 49.7 Å². The second kappa shape index (κ2) is 9.56. The zero-order chi connectivity index (χ0) is 21.5. The number of carbonyl (C=O) groups is 1. The number of hydrogen-bond donors (Lipinski definition) is 1. The maximum atomic E-state index is 12.5. The zero-order valence-electron chi connectivity index (χ0n) is 17.3. The molecule has 154 valence electrons. The van der Waals surface area contributed by atoms with Crippen molar-refractivity contribution in [3.63, 3.8) is 0 Å². The summed E-state index contributed by atoms with van der Waals surface area (Å²) in [6.45, 7) is 4.00. The number of amides is 1. The maximum Gasteiger partial charge on any atom is 0.255 e. The van der Waals surface area contributed by atoms with Crippen molar-refractivity contribution < 1.29 is 18.7 Å². The third-order valence-electron chi connectivity index (χ3n) is 4.20. The number of methoxy groups -OCH3 is 2. The quantitative estimate of drug-likeness (QED) is 0.492. The van der Waals surface area contributed by atoms with Gasteiger partial charge in [-0.2, -0.15) is 4.98 Å². The Hall–Kier alpha value is -3.87. The van der Waals surface area contributed by atoms with Crippen LogP contribution in [0.2, 0.25) is 0 Å². The van der Waals surface area contributed by atoms with Crippen LogP contribution < -0.4 is 14.8 Å². The molecule has 1 amide bonds. The van der Waals surface area contributed by atoms with Crippen LogP contribution in [-0.4, -0.2) is 30.1 Å². The Morgan fingerprint density at radius 1 is 0.967 bits per heavy atom. The van der Waals surface area contributed by atoms with Crippen LogP contribution in [0.1, 0.15) is 24.2 Å². The minimum Gasteiger partial charge on any atom is -0.493 e. The highest BCUT2D eigenvalue weighted by molar-refractivity contribution is 6.04. The van der Waals surface area contributed by atoms with E-state index in [-0.39, 0.29) is 5.91 Å². The molecule has 4 rings (SSSR count). The molecule has 2 aromatic carbocycles. The molecule has 2 aromatic heterocycles. The molecule has 30 heavy (non-hydrogen) atoms. The molecule has 0 bridgehead atoms. The van der Waals surface area contributed by atoms with Crippen LogP contribution in [-0.2, 0) is 0 Å². The van der Waals surface area contributed by atoms with E-state index in [0.29, 0.717) is 39.9 Å². The maximum absolute atomic E-state index is 12.5. The van der Waals surface area contributed by atoms with Gasteiger partial charge in [-0.3, -0.25) is 4.79 Å². The summed E-state index contributed by atoms with van der Waals surface area (Å²) in [7, 11) is 3.08. The van der Waals surface area contributed by atoms with Crippen molar-refractivity contribution in [2.75, 3.05) is 19.5 Å². The van der Waals surface area contributed by atoms with Gasteiger partial charge in [-0.15, -0.1) is 0 Å². The molecule has 2 heterocycles. The van der Waals surface area contributed by atoms with Crippen molar-refractivity contribution in [3.05, 3.63) is 66.4 Å². The van der Waals surface area contributed by atoms with E-state index >= 15 is 0 Å².